The third kappa shape index (κ3) is 7.53. The maximum absolute atomic E-state index is 11.2. The van der Waals surface area contributed by atoms with Gasteiger partial charge in [-0.1, -0.05) is 27.4 Å². The Kier molecular flexibility index (Phi) is 5.13. The van der Waals surface area contributed by atoms with Gasteiger partial charge in [-0.2, -0.15) is 0 Å². The van der Waals surface area contributed by atoms with Crippen LogP contribution >= 0.6 is 0 Å². The average molecular weight is 197 g/mol. The molecule has 0 unspecified atom stereocenters. The van der Waals surface area contributed by atoms with Crippen LogP contribution in [-0.4, -0.2) is 18.2 Å². The van der Waals surface area contributed by atoms with Gasteiger partial charge < -0.3 is 5.32 Å². The van der Waals surface area contributed by atoms with E-state index in [1.54, 1.807) is 0 Å². The van der Waals surface area contributed by atoms with E-state index in [9.17, 15) is 9.59 Å². The van der Waals surface area contributed by atoms with Crippen molar-refractivity contribution >= 4 is 11.7 Å². The molecule has 0 saturated carbocycles. The van der Waals surface area contributed by atoms with Gasteiger partial charge in [0, 0.05) is 19.4 Å². The number of carbonyl (C=O) groups excluding carboxylic acids is 2. The zero-order valence-corrected chi connectivity index (χ0v) is 9.22. The largest absolute Gasteiger partial charge is 0.356 e. The van der Waals surface area contributed by atoms with Crippen LogP contribution in [0, 0.1) is 5.41 Å². The van der Waals surface area contributed by atoms with Gasteiger partial charge in [-0.15, -0.1) is 0 Å². The summed E-state index contributed by atoms with van der Waals surface area (Å²) in [5.74, 6) is -0.161. The maximum Gasteiger partial charge on any atom is 0.220 e. The van der Waals surface area contributed by atoms with E-state index in [0.29, 0.717) is 6.54 Å². The molecule has 1 N–H and O–H groups in total. The highest BCUT2D eigenvalue weighted by molar-refractivity contribution is 5.92. The number of hydrogen-bond acceptors (Lipinski definition) is 2. The highest BCUT2D eigenvalue weighted by Crippen LogP contribution is 2.10. The minimum absolute atomic E-state index is 0.0740. The fourth-order valence-corrected chi connectivity index (χ4v) is 0.791. The van der Waals surface area contributed by atoms with Crippen molar-refractivity contribution < 1.29 is 9.59 Å². The quantitative estimate of drug-likeness (QED) is 0.682. The second-order valence-electron chi connectivity index (χ2n) is 4.51. The SMILES string of the molecule is C=CC(=O)CCC(=O)NCC(C)(C)C. The van der Waals surface area contributed by atoms with Crippen LogP contribution in [0.25, 0.3) is 0 Å². The molecule has 0 aromatic carbocycles. The van der Waals surface area contributed by atoms with Crippen molar-refractivity contribution in [1.29, 1.82) is 0 Å². The molecule has 0 atom stereocenters. The minimum atomic E-state index is -0.0871. The van der Waals surface area contributed by atoms with Crippen molar-refractivity contribution in [1.82, 2.24) is 5.32 Å². The molecule has 0 aromatic rings. The molecule has 0 aliphatic rings. The summed E-state index contributed by atoms with van der Waals surface area (Å²) >= 11 is 0. The maximum atomic E-state index is 11.2. The van der Waals surface area contributed by atoms with Crippen LogP contribution in [0.5, 0.6) is 0 Å². The van der Waals surface area contributed by atoms with Gasteiger partial charge in [0.1, 0.15) is 0 Å². The molecular formula is C11H19NO2. The highest BCUT2D eigenvalue weighted by Gasteiger charge is 2.11. The van der Waals surface area contributed by atoms with Gasteiger partial charge >= 0.3 is 0 Å². The van der Waals surface area contributed by atoms with Crippen LogP contribution in [0.4, 0.5) is 0 Å². The molecule has 0 bridgehead atoms. The summed E-state index contributed by atoms with van der Waals surface area (Å²) in [7, 11) is 0. The molecule has 1 amide bonds. The summed E-state index contributed by atoms with van der Waals surface area (Å²) in [5.41, 5.74) is 0.0815. The summed E-state index contributed by atoms with van der Waals surface area (Å²) in [6.45, 7) is 10.1. The summed E-state index contributed by atoms with van der Waals surface area (Å²) in [6, 6.07) is 0. The van der Waals surface area contributed by atoms with Crippen molar-refractivity contribution in [2.24, 2.45) is 5.41 Å². The first-order valence-corrected chi connectivity index (χ1v) is 4.77. The number of rotatable bonds is 5. The van der Waals surface area contributed by atoms with Gasteiger partial charge in [0.25, 0.3) is 0 Å². The molecule has 0 fully saturated rings. The smallest absolute Gasteiger partial charge is 0.220 e. The summed E-state index contributed by atoms with van der Waals surface area (Å²) in [6.07, 6.45) is 1.75. The van der Waals surface area contributed by atoms with Crippen LogP contribution < -0.4 is 5.32 Å². The average Bonchev–Trinajstić information content (AvgIpc) is 2.09. The molecule has 0 radical (unpaired) electrons. The number of carbonyl (C=O) groups is 2. The Morgan fingerprint density at radius 2 is 1.86 bits per heavy atom. The van der Waals surface area contributed by atoms with E-state index < -0.39 is 0 Å². The van der Waals surface area contributed by atoms with E-state index in [1.165, 1.54) is 6.08 Å². The van der Waals surface area contributed by atoms with Crippen molar-refractivity contribution in [2.45, 2.75) is 33.6 Å². The molecule has 80 valence electrons. The molecule has 0 aliphatic heterocycles. The Morgan fingerprint density at radius 3 is 2.29 bits per heavy atom. The van der Waals surface area contributed by atoms with Crippen molar-refractivity contribution in [3.63, 3.8) is 0 Å². The topological polar surface area (TPSA) is 46.2 Å². The van der Waals surface area contributed by atoms with Crippen LogP contribution in [0.3, 0.4) is 0 Å². The first-order chi connectivity index (χ1) is 6.35. The van der Waals surface area contributed by atoms with Crippen molar-refractivity contribution in [2.75, 3.05) is 6.54 Å². The zero-order chi connectivity index (χ0) is 11.2. The van der Waals surface area contributed by atoms with E-state index in [2.05, 4.69) is 11.9 Å². The van der Waals surface area contributed by atoms with Gasteiger partial charge in [0.05, 0.1) is 0 Å². The number of ketones is 1. The van der Waals surface area contributed by atoms with Gasteiger partial charge in [0.15, 0.2) is 5.78 Å². The monoisotopic (exact) mass is 197 g/mol. The third-order valence-electron chi connectivity index (χ3n) is 1.64. The molecule has 0 heterocycles. The third-order valence-corrected chi connectivity index (χ3v) is 1.64. The van der Waals surface area contributed by atoms with Crippen molar-refractivity contribution in [3.05, 3.63) is 12.7 Å². The number of hydrogen-bond donors (Lipinski definition) is 1. The Morgan fingerprint density at radius 1 is 1.29 bits per heavy atom. The zero-order valence-electron chi connectivity index (χ0n) is 9.22. The molecule has 3 heteroatoms. The molecule has 14 heavy (non-hydrogen) atoms. The Bertz CT molecular complexity index is 226. The number of allylic oxidation sites excluding steroid dienone is 1. The molecule has 0 aromatic heterocycles. The van der Waals surface area contributed by atoms with E-state index in [-0.39, 0.29) is 29.9 Å². The predicted molar refractivity (Wildman–Crippen MR) is 56.9 cm³/mol. The van der Waals surface area contributed by atoms with Gasteiger partial charge in [-0.3, -0.25) is 9.59 Å². The Hall–Kier alpha value is -1.12. The molecule has 3 nitrogen and oxygen atoms in total. The van der Waals surface area contributed by atoms with Crippen LogP contribution in [0.2, 0.25) is 0 Å². The van der Waals surface area contributed by atoms with Crippen molar-refractivity contribution in [3.8, 4) is 0 Å². The minimum Gasteiger partial charge on any atom is -0.356 e. The summed E-state index contributed by atoms with van der Waals surface area (Å²) < 4.78 is 0. The van der Waals surface area contributed by atoms with Crippen LogP contribution in [0.15, 0.2) is 12.7 Å². The lowest BCUT2D eigenvalue weighted by Crippen LogP contribution is -2.32. The second kappa shape index (κ2) is 5.58. The Balaban J connectivity index is 3.67. The molecule has 0 rings (SSSR count). The first kappa shape index (κ1) is 12.9. The van der Waals surface area contributed by atoms with E-state index in [4.69, 9.17) is 0 Å². The van der Waals surface area contributed by atoms with E-state index in [0.717, 1.165) is 0 Å². The standard InChI is InChI=1S/C11H19NO2/c1-5-9(13)6-7-10(14)12-8-11(2,3)4/h5H,1,6-8H2,2-4H3,(H,12,14). The van der Waals surface area contributed by atoms with Gasteiger partial charge in [-0.05, 0) is 11.5 Å². The van der Waals surface area contributed by atoms with E-state index >= 15 is 0 Å². The lowest BCUT2D eigenvalue weighted by atomic mass is 9.97. The highest BCUT2D eigenvalue weighted by atomic mass is 16.2. The van der Waals surface area contributed by atoms with Gasteiger partial charge in [-0.25, -0.2) is 0 Å². The Labute approximate surface area is 85.6 Å². The summed E-state index contributed by atoms with van der Waals surface area (Å²) in [4.78, 5) is 22.0. The number of amides is 1. The van der Waals surface area contributed by atoms with Gasteiger partial charge in [0.2, 0.25) is 5.91 Å². The van der Waals surface area contributed by atoms with E-state index in [1.807, 2.05) is 20.8 Å². The lowest BCUT2D eigenvalue weighted by molar-refractivity contribution is -0.124. The summed E-state index contributed by atoms with van der Waals surface area (Å²) in [5, 5.41) is 2.78. The number of nitrogens with one attached hydrogen (secondary N) is 1. The molecule has 0 saturated heterocycles. The fraction of sp³-hybridized carbons (Fsp3) is 0.636. The predicted octanol–water partition coefficient (Wildman–Crippen LogP) is 1.68. The fourth-order valence-electron chi connectivity index (χ4n) is 0.791. The van der Waals surface area contributed by atoms with Crippen LogP contribution in [-0.2, 0) is 9.59 Å². The normalized spacial score (nSPS) is 10.8. The first-order valence-electron chi connectivity index (χ1n) is 4.77. The van der Waals surface area contributed by atoms with Crippen LogP contribution in [0.1, 0.15) is 33.6 Å². The molecular weight excluding hydrogens is 178 g/mol. The molecule has 0 spiro atoms. The second-order valence-corrected chi connectivity index (χ2v) is 4.51. The lowest BCUT2D eigenvalue weighted by Gasteiger charge is -2.18. The molecule has 0 aliphatic carbocycles.